The van der Waals surface area contributed by atoms with Crippen molar-refractivity contribution in [3.63, 3.8) is 0 Å². The fraction of sp³-hybridized carbons (Fsp3) is 0.474. The van der Waals surface area contributed by atoms with Gasteiger partial charge in [0.15, 0.2) is 23.3 Å². The number of anilines is 1. The zero-order chi connectivity index (χ0) is 23.3. The summed E-state index contributed by atoms with van der Waals surface area (Å²) in [5.41, 5.74) is -1.50. The van der Waals surface area contributed by atoms with Crippen LogP contribution in [-0.4, -0.2) is 66.9 Å². The van der Waals surface area contributed by atoms with Crippen molar-refractivity contribution in [2.24, 2.45) is 0 Å². The Kier molecular flexibility index (Phi) is 13.1. The number of hydrogen-bond donors (Lipinski definition) is 3. The molecule has 0 saturated carbocycles. The third kappa shape index (κ3) is 8.78. The number of benzene rings is 1. The number of halogens is 4. The van der Waals surface area contributed by atoms with Gasteiger partial charge in [0.25, 0.3) is 0 Å². The number of methoxy groups -OCH3 is 1. The molecule has 3 N–H and O–H groups in total. The van der Waals surface area contributed by atoms with Gasteiger partial charge in [-0.05, 0) is 19.5 Å². The molecular formula is C19H26F4N2O5. The third-order valence-corrected chi connectivity index (χ3v) is 3.85. The Morgan fingerprint density at radius 3 is 1.90 bits per heavy atom. The van der Waals surface area contributed by atoms with E-state index in [2.05, 4.69) is 5.32 Å². The highest BCUT2D eigenvalue weighted by Crippen LogP contribution is 2.29. The van der Waals surface area contributed by atoms with Crippen LogP contribution in [-0.2, 0) is 14.3 Å². The van der Waals surface area contributed by atoms with Crippen LogP contribution in [0.1, 0.15) is 25.8 Å². The smallest absolute Gasteiger partial charge is 0.414 e. The summed E-state index contributed by atoms with van der Waals surface area (Å²) in [6.07, 6.45) is 3.01. The van der Waals surface area contributed by atoms with Gasteiger partial charge in [-0.1, -0.05) is 26.0 Å². The number of carbonyl (C=O) groups is 2. The molecule has 0 radical (unpaired) electrons. The van der Waals surface area contributed by atoms with E-state index in [4.69, 9.17) is 24.5 Å². The van der Waals surface area contributed by atoms with Crippen LogP contribution in [0.2, 0.25) is 0 Å². The topological polar surface area (TPSA) is 99.1 Å². The first-order valence-corrected chi connectivity index (χ1v) is 9.06. The number of ether oxygens (including phenoxy) is 1. The van der Waals surface area contributed by atoms with Gasteiger partial charge in [-0.15, -0.1) is 0 Å². The summed E-state index contributed by atoms with van der Waals surface area (Å²) in [4.78, 5) is 20.2. The second kappa shape index (κ2) is 14.3. The van der Waals surface area contributed by atoms with Gasteiger partial charge in [-0.2, -0.15) is 0 Å². The fourth-order valence-corrected chi connectivity index (χ4v) is 2.18. The SMILES string of the molecule is CCN(CC)CC=Cc1c(F)c(F)c(NCCCOC)c(F)c1F.O=C(O)C(=O)O. The standard InChI is InChI=1S/C17H24F4N2O.C2H2O4/c1-4-23(5-2)10-6-8-12-13(18)15(20)17(16(21)14(12)19)22-9-7-11-24-3;3-1(4)2(5)6/h6,8,22H,4-5,7,9-11H2,1-3H3;(H,3,4)(H,5,6). The summed E-state index contributed by atoms with van der Waals surface area (Å²) >= 11 is 0. The summed E-state index contributed by atoms with van der Waals surface area (Å²) in [5, 5.41) is 17.2. The van der Waals surface area contributed by atoms with Crippen molar-refractivity contribution in [3.8, 4) is 0 Å². The zero-order valence-electron chi connectivity index (χ0n) is 17.0. The Balaban J connectivity index is 0.00000122. The Labute approximate surface area is 171 Å². The molecule has 0 aliphatic carbocycles. The van der Waals surface area contributed by atoms with Crippen LogP contribution < -0.4 is 5.32 Å². The van der Waals surface area contributed by atoms with E-state index in [1.54, 1.807) is 0 Å². The average molecular weight is 438 g/mol. The lowest BCUT2D eigenvalue weighted by atomic mass is 10.1. The van der Waals surface area contributed by atoms with Crippen LogP contribution in [0.3, 0.4) is 0 Å². The molecule has 7 nitrogen and oxygen atoms in total. The van der Waals surface area contributed by atoms with Gasteiger partial charge in [0.1, 0.15) is 5.69 Å². The zero-order valence-corrected chi connectivity index (χ0v) is 17.0. The Morgan fingerprint density at radius 2 is 1.50 bits per heavy atom. The first kappa shape index (κ1) is 27.3. The molecule has 1 aromatic carbocycles. The molecule has 1 aromatic rings. The molecule has 11 heteroatoms. The lowest BCUT2D eigenvalue weighted by Gasteiger charge is -2.15. The van der Waals surface area contributed by atoms with E-state index in [1.807, 2.05) is 18.7 Å². The Morgan fingerprint density at radius 1 is 1.00 bits per heavy atom. The number of carboxylic acid groups (broad SMARTS) is 2. The first-order chi connectivity index (χ1) is 14.1. The predicted octanol–water partition coefficient (Wildman–Crippen LogP) is 3.20. The molecule has 0 amide bonds. The Bertz CT molecular complexity index is 699. The fourth-order valence-electron chi connectivity index (χ4n) is 2.18. The van der Waals surface area contributed by atoms with Crippen molar-refractivity contribution < 1.29 is 42.1 Å². The number of likely N-dealkylation sites (N-methyl/N-ethyl adjacent to an activating group) is 1. The number of hydrogen-bond acceptors (Lipinski definition) is 5. The molecule has 0 heterocycles. The van der Waals surface area contributed by atoms with Crippen molar-refractivity contribution in [2.45, 2.75) is 20.3 Å². The number of carboxylic acids is 2. The molecule has 0 atom stereocenters. The molecule has 0 aromatic heterocycles. The molecule has 0 unspecified atom stereocenters. The normalized spacial score (nSPS) is 10.8. The molecule has 0 bridgehead atoms. The van der Waals surface area contributed by atoms with Crippen LogP contribution in [0.4, 0.5) is 23.2 Å². The highest BCUT2D eigenvalue weighted by atomic mass is 19.2. The van der Waals surface area contributed by atoms with Gasteiger partial charge in [0.2, 0.25) is 0 Å². The van der Waals surface area contributed by atoms with E-state index >= 15 is 0 Å². The molecule has 0 spiro atoms. The maximum atomic E-state index is 14.1. The van der Waals surface area contributed by atoms with E-state index in [1.165, 1.54) is 13.2 Å². The summed E-state index contributed by atoms with van der Waals surface area (Å²) in [5.74, 6) is -9.30. The van der Waals surface area contributed by atoms with Gasteiger partial charge >= 0.3 is 11.9 Å². The van der Waals surface area contributed by atoms with E-state index in [-0.39, 0.29) is 6.54 Å². The summed E-state index contributed by atoms with van der Waals surface area (Å²) < 4.78 is 60.9. The predicted molar refractivity (Wildman–Crippen MR) is 103 cm³/mol. The number of rotatable bonds is 10. The van der Waals surface area contributed by atoms with Gasteiger partial charge in [-0.25, -0.2) is 27.2 Å². The molecule has 1 rings (SSSR count). The monoisotopic (exact) mass is 438 g/mol. The number of nitrogens with one attached hydrogen (secondary N) is 1. The van der Waals surface area contributed by atoms with Gasteiger partial charge in [0.05, 0.1) is 5.56 Å². The van der Waals surface area contributed by atoms with Crippen molar-refractivity contribution in [1.29, 1.82) is 0 Å². The minimum atomic E-state index is -1.82. The van der Waals surface area contributed by atoms with Gasteiger partial charge in [0, 0.05) is 26.8 Å². The van der Waals surface area contributed by atoms with E-state index in [9.17, 15) is 17.6 Å². The van der Waals surface area contributed by atoms with Crippen LogP contribution in [0.5, 0.6) is 0 Å². The lowest BCUT2D eigenvalue weighted by molar-refractivity contribution is -0.159. The van der Waals surface area contributed by atoms with E-state index < -0.39 is 46.5 Å². The number of aliphatic carboxylic acids is 2. The van der Waals surface area contributed by atoms with Gasteiger partial charge in [-0.3, -0.25) is 0 Å². The largest absolute Gasteiger partial charge is 0.473 e. The second-order valence-electron chi connectivity index (χ2n) is 5.82. The van der Waals surface area contributed by atoms with Gasteiger partial charge < -0.3 is 25.2 Å². The highest BCUT2D eigenvalue weighted by Gasteiger charge is 2.23. The first-order valence-electron chi connectivity index (χ1n) is 9.06. The summed E-state index contributed by atoms with van der Waals surface area (Å²) in [6, 6.07) is 0. The van der Waals surface area contributed by atoms with Crippen molar-refractivity contribution >= 4 is 23.7 Å². The van der Waals surface area contributed by atoms with Crippen LogP contribution in [0.25, 0.3) is 6.08 Å². The highest BCUT2D eigenvalue weighted by molar-refractivity contribution is 6.27. The van der Waals surface area contributed by atoms with Crippen LogP contribution >= 0.6 is 0 Å². The third-order valence-electron chi connectivity index (χ3n) is 3.85. The second-order valence-corrected chi connectivity index (χ2v) is 5.82. The van der Waals surface area contributed by atoms with E-state index in [0.29, 0.717) is 19.6 Å². The Hall–Kier alpha value is -2.66. The van der Waals surface area contributed by atoms with E-state index in [0.717, 1.165) is 19.2 Å². The molecule has 30 heavy (non-hydrogen) atoms. The van der Waals surface area contributed by atoms with Crippen LogP contribution in [0.15, 0.2) is 6.08 Å². The van der Waals surface area contributed by atoms with Crippen molar-refractivity contribution in [3.05, 3.63) is 34.9 Å². The molecule has 0 fully saturated rings. The van der Waals surface area contributed by atoms with Crippen molar-refractivity contribution in [1.82, 2.24) is 4.90 Å². The summed E-state index contributed by atoms with van der Waals surface area (Å²) in [6.45, 7) is 6.36. The minimum absolute atomic E-state index is 0.137. The quantitative estimate of drug-likeness (QED) is 0.223. The maximum absolute atomic E-state index is 14.1. The molecule has 0 saturated heterocycles. The minimum Gasteiger partial charge on any atom is -0.473 e. The molecule has 170 valence electrons. The van der Waals surface area contributed by atoms with Crippen LogP contribution in [0, 0.1) is 23.3 Å². The number of nitrogens with zero attached hydrogens (tertiary/aromatic N) is 1. The average Bonchev–Trinajstić information content (AvgIpc) is 2.71. The maximum Gasteiger partial charge on any atom is 0.414 e. The lowest BCUT2D eigenvalue weighted by Crippen LogP contribution is -2.22. The molecule has 0 aliphatic rings. The van der Waals surface area contributed by atoms with Crippen molar-refractivity contribution in [2.75, 3.05) is 45.2 Å². The molecular weight excluding hydrogens is 412 g/mol. The molecule has 0 aliphatic heterocycles. The summed E-state index contributed by atoms with van der Waals surface area (Å²) in [7, 11) is 1.49.